The van der Waals surface area contributed by atoms with E-state index in [1.54, 1.807) is 30.3 Å². The third-order valence-electron chi connectivity index (χ3n) is 4.77. The highest BCUT2D eigenvalue weighted by molar-refractivity contribution is 7.92. The number of carbonyl (C=O) groups excluding carboxylic acids is 1. The predicted octanol–water partition coefficient (Wildman–Crippen LogP) is 3.98. The minimum absolute atomic E-state index is 0.437. The van der Waals surface area contributed by atoms with E-state index in [0.29, 0.717) is 23.3 Å². The number of alkyl halides is 3. The van der Waals surface area contributed by atoms with Crippen molar-refractivity contribution >= 4 is 27.2 Å². The van der Waals surface area contributed by atoms with E-state index in [2.05, 4.69) is 0 Å². The summed E-state index contributed by atoms with van der Waals surface area (Å²) in [6.07, 6.45) is -1.49. The van der Waals surface area contributed by atoms with E-state index < -0.39 is 56.9 Å². The second-order valence-electron chi connectivity index (χ2n) is 7.21. The van der Waals surface area contributed by atoms with Crippen LogP contribution in [0.15, 0.2) is 60.7 Å². The number of phenolic OH excluding ortho intramolecular Hbond substituents is 1. The van der Waals surface area contributed by atoms with Crippen LogP contribution in [0.2, 0.25) is 0 Å². The third kappa shape index (κ3) is 4.93. The molecule has 1 aliphatic carbocycles. The van der Waals surface area contributed by atoms with Gasteiger partial charge in [-0.15, -0.1) is 0 Å². The molecular formula is C21H18F4N2O4S. The molecule has 0 aliphatic heterocycles. The first-order chi connectivity index (χ1) is 14.8. The summed E-state index contributed by atoms with van der Waals surface area (Å²) in [5.74, 6) is -3.59. The van der Waals surface area contributed by atoms with Crippen molar-refractivity contribution < 1.29 is 35.9 Å². The third-order valence-corrected chi connectivity index (χ3v) is 5.36. The summed E-state index contributed by atoms with van der Waals surface area (Å²) in [6, 6.07) is 9.72. The number of carbonyl (C=O) groups is 1. The van der Waals surface area contributed by atoms with Crippen LogP contribution in [-0.2, 0) is 10.0 Å². The highest BCUT2D eigenvalue weighted by atomic mass is 32.2. The Bertz CT molecular complexity index is 1210. The van der Waals surface area contributed by atoms with Gasteiger partial charge >= 0.3 is 6.18 Å². The number of phenols is 1. The van der Waals surface area contributed by atoms with Crippen LogP contribution in [0.25, 0.3) is 5.57 Å². The van der Waals surface area contributed by atoms with E-state index in [1.165, 1.54) is 12.2 Å². The molecule has 1 atom stereocenters. The fraction of sp³-hybridized carbons (Fsp3) is 0.190. The van der Waals surface area contributed by atoms with Gasteiger partial charge in [0.1, 0.15) is 11.6 Å². The first-order valence-corrected chi connectivity index (χ1v) is 11.0. The first kappa shape index (κ1) is 23.3. The van der Waals surface area contributed by atoms with Crippen molar-refractivity contribution in [2.45, 2.75) is 18.1 Å². The Morgan fingerprint density at radius 1 is 1.16 bits per heavy atom. The lowest BCUT2D eigenvalue weighted by Crippen LogP contribution is -2.57. The second-order valence-corrected chi connectivity index (χ2v) is 8.96. The normalized spacial score (nSPS) is 18.7. The van der Waals surface area contributed by atoms with Crippen LogP contribution in [0.5, 0.6) is 5.75 Å². The lowest BCUT2D eigenvalue weighted by Gasteiger charge is -2.35. The van der Waals surface area contributed by atoms with Crippen molar-refractivity contribution in [2.24, 2.45) is 0 Å². The van der Waals surface area contributed by atoms with Gasteiger partial charge in [-0.2, -0.15) is 13.2 Å². The molecule has 0 spiro atoms. The van der Waals surface area contributed by atoms with Gasteiger partial charge in [0.25, 0.3) is 5.91 Å². The van der Waals surface area contributed by atoms with E-state index in [9.17, 15) is 35.9 Å². The van der Waals surface area contributed by atoms with E-state index in [0.717, 1.165) is 12.3 Å². The van der Waals surface area contributed by atoms with Crippen LogP contribution >= 0.6 is 0 Å². The van der Waals surface area contributed by atoms with Gasteiger partial charge in [-0.1, -0.05) is 42.5 Å². The molecular weight excluding hydrogens is 452 g/mol. The Morgan fingerprint density at radius 3 is 2.34 bits per heavy atom. The molecule has 2 aromatic carbocycles. The number of allylic oxidation sites excluding steroid dienone is 2. The van der Waals surface area contributed by atoms with Crippen LogP contribution in [0, 0.1) is 5.82 Å². The fourth-order valence-corrected chi connectivity index (χ4v) is 3.71. The monoisotopic (exact) mass is 470 g/mol. The Labute approximate surface area is 181 Å². The number of hydrogen-bond donors (Lipinski definition) is 3. The minimum atomic E-state index is -4.92. The van der Waals surface area contributed by atoms with Crippen LogP contribution in [-0.4, -0.2) is 37.4 Å². The Hall–Kier alpha value is -3.34. The van der Waals surface area contributed by atoms with Crippen molar-refractivity contribution in [3.05, 3.63) is 77.6 Å². The smallest absolute Gasteiger partial charge is 0.415 e. The van der Waals surface area contributed by atoms with Crippen LogP contribution in [0.4, 0.5) is 23.2 Å². The minimum Gasteiger partial charge on any atom is -0.506 e. The number of sulfonamides is 1. The number of hydrogen-bond acceptors (Lipinski definition) is 4. The lowest BCUT2D eigenvalue weighted by atomic mass is 9.85. The van der Waals surface area contributed by atoms with Crippen molar-refractivity contribution in [3.8, 4) is 5.75 Å². The first-order valence-electron chi connectivity index (χ1n) is 9.16. The second kappa shape index (κ2) is 8.30. The van der Waals surface area contributed by atoms with Gasteiger partial charge in [-0.05, 0) is 23.3 Å². The SMILES string of the molecule is CS(=O)(=O)Nc1cc(C(=O)NC2(C(F)(F)F)C=CC(c3ccccc3)=CC2)c(F)cc1O. The largest absolute Gasteiger partial charge is 0.506 e. The molecule has 0 heterocycles. The van der Waals surface area contributed by atoms with Crippen LogP contribution < -0.4 is 10.0 Å². The maximum absolute atomic E-state index is 14.3. The summed E-state index contributed by atoms with van der Waals surface area (Å²) in [5.41, 5.74) is -3.02. The molecule has 2 aromatic rings. The topological polar surface area (TPSA) is 95.5 Å². The van der Waals surface area contributed by atoms with E-state index in [-0.39, 0.29) is 0 Å². The molecule has 0 saturated heterocycles. The Balaban J connectivity index is 1.93. The summed E-state index contributed by atoms with van der Waals surface area (Å²) in [5, 5.41) is 11.5. The van der Waals surface area contributed by atoms with Crippen LogP contribution in [0.3, 0.4) is 0 Å². The quantitative estimate of drug-likeness (QED) is 0.455. The highest BCUT2D eigenvalue weighted by Gasteiger charge is 2.54. The van der Waals surface area contributed by atoms with Gasteiger partial charge in [-0.25, -0.2) is 12.8 Å². The zero-order chi connectivity index (χ0) is 23.7. The predicted molar refractivity (Wildman–Crippen MR) is 111 cm³/mol. The number of amides is 1. The molecule has 0 saturated carbocycles. The molecule has 3 N–H and O–H groups in total. The van der Waals surface area contributed by atoms with Gasteiger partial charge in [0.15, 0.2) is 5.54 Å². The number of halogens is 4. The van der Waals surface area contributed by atoms with Crippen molar-refractivity contribution in [3.63, 3.8) is 0 Å². The maximum Gasteiger partial charge on any atom is 0.415 e. The molecule has 6 nitrogen and oxygen atoms in total. The average Bonchev–Trinajstić information content (AvgIpc) is 2.69. The molecule has 0 radical (unpaired) electrons. The molecule has 170 valence electrons. The number of anilines is 1. The number of nitrogens with one attached hydrogen (secondary N) is 2. The molecule has 0 fully saturated rings. The van der Waals surface area contributed by atoms with Crippen molar-refractivity contribution in [2.75, 3.05) is 11.0 Å². The maximum atomic E-state index is 14.3. The standard InChI is InChI=1S/C21H18F4N2O4S/c1-32(30,31)27-17-11-15(16(22)12-18(17)28)19(29)26-20(21(23,24)25)9-7-14(8-10-20)13-5-3-2-4-6-13/h2-9,11-12,27-28H,10H2,1H3,(H,26,29). The van der Waals surface area contributed by atoms with Gasteiger partial charge < -0.3 is 10.4 Å². The summed E-state index contributed by atoms with van der Waals surface area (Å²) < 4.78 is 80.7. The Morgan fingerprint density at radius 2 is 1.81 bits per heavy atom. The number of aromatic hydroxyl groups is 1. The summed E-state index contributed by atoms with van der Waals surface area (Å²) in [7, 11) is -3.91. The van der Waals surface area contributed by atoms with Gasteiger partial charge in [0, 0.05) is 12.5 Å². The summed E-state index contributed by atoms with van der Waals surface area (Å²) in [4.78, 5) is 12.6. The van der Waals surface area contributed by atoms with Gasteiger partial charge in [-0.3, -0.25) is 9.52 Å². The van der Waals surface area contributed by atoms with E-state index in [1.807, 2.05) is 10.0 Å². The molecule has 3 rings (SSSR count). The molecule has 1 aliphatic rings. The summed E-state index contributed by atoms with van der Waals surface area (Å²) in [6.45, 7) is 0. The van der Waals surface area contributed by atoms with Crippen molar-refractivity contribution in [1.82, 2.24) is 5.32 Å². The lowest BCUT2D eigenvalue weighted by molar-refractivity contribution is -0.177. The van der Waals surface area contributed by atoms with Crippen molar-refractivity contribution in [1.29, 1.82) is 0 Å². The van der Waals surface area contributed by atoms with Gasteiger partial charge in [0.05, 0.1) is 17.5 Å². The average molecular weight is 470 g/mol. The van der Waals surface area contributed by atoms with E-state index in [4.69, 9.17) is 0 Å². The molecule has 1 unspecified atom stereocenters. The zero-order valence-electron chi connectivity index (χ0n) is 16.6. The zero-order valence-corrected chi connectivity index (χ0v) is 17.4. The Kier molecular flexibility index (Phi) is 6.05. The molecule has 0 bridgehead atoms. The van der Waals surface area contributed by atoms with E-state index >= 15 is 0 Å². The van der Waals surface area contributed by atoms with Crippen LogP contribution in [0.1, 0.15) is 22.3 Å². The number of rotatable bonds is 5. The summed E-state index contributed by atoms with van der Waals surface area (Å²) >= 11 is 0. The molecule has 1 amide bonds. The number of benzene rings is 2. The molecule has 0 aromatic heterocycles. The molecule has 11 heteroatoms. The molecule has 32 heavy (non-hydrogen) atoms. The van der Waals surface area contributed by atoms with Gasteiger partial charge in [0.2, 0.25) is 10.0 Å². The highest BCUT2D eigenvalue weighted by Crippen LogP contribution is 2.39. The fourth-order valence-electron chi connectivity index (χ4n) is 3.15.